The van der Waals surface area contributed by atoms with Crippen molar-refractivity contribution in [3.63, 3.8) is 0 Å². The topological polar surface area (TPSA) is 22.1 Å². The Balaban J connectivity index is 2.14. The predicted octanol–water partition coefficient (Wildman–Crippen LogP) is 4.02. The molecule has 0 spiro atoms. The lowest BCUT2D eigenvalue weighted by molar-refractivity contribution is 0.415. The van der Waals surface area contributed by atoms with Crippen molar-refractivity contribution >= 4 is 28.1 Å². The lowest BCUT2D eigenvalue weighted by Crippen LogP contribution is -1.82. The average Bonchev–Trinajstić information content (AvgIpc) is 2.37. The van der Waals surface area contributed by atoms with Gasteiger partial charge in [-0.05, 0) is 51.8 Å². The highest BCUT2D eigenvalue weighted by molar-refractivity contribution is 9.10. The minimum Gasteiger partial charge on any atom is -0.497 e. The molecule has 0 saturated carbocycles. The minimum absolute atomic E-state index is 0.842. The van der Waals surface area contributed by atoms with Gasteiger partial charge in [0.2, 0.25) is 0 Å². The third-order valence-electron chi connectivity index (χ3n) is 2.30. The van der Waals surface area contributed by atoms with Crippen LogP contribution in [0.25, 0.3) is 12.2 Å². The van der Waals surface area contributed by atoms with E-state index >= 15 is 0 Å². The van der Waals surface area contributed by atoms with Gasteiger partial charge in [0.05, 0.1) is 12.8 Å². The summed E-state index contributed by atoms with van der Waals surface area (Å²) in [6.07, 6.45) is 4.00. The predicted molar refractivity (Wildman–Crippen MR) is 73.9 cm³/mol. The van der Waals surface area contributed by atoms with Crippen molar-refractivity contribution in [3.05, 3.63) is 58.3 Å². The molecule has 0 fully saturated rings. The van der Waals surface area contributed by atoms with Crippen LogP contribution in [0.4, 0.5) is 0 Å². The number of hydrogen-bond donors (Lipinski definition) is 0. The van der Waals surface area contributed by atoms with E-state index in [1.165, 1.54) is 0 Å². The molecule has 17 heavy (non-hydrogen) atoms. The molecule has 0 aliphatic heterocycles. The van der Waals surface area contributed by atoms with Crippen molar-refractivity contribution in [2.45, 2.75) is 0 Å². The van der Waals surface area contributed by atoms with Crippen molar-refractivity contribution in [1.82, 2.24) is 4.98 Å². The van der Waals surface area contributed by atoms with E-state index in [-0.39, 0.29) is 0 Å². The number of halogens is 1. The quantitative estimate of drug-likeness (QED) is 0.796. The normalized spacial score (nSPS) is 10.7. The van der Waals surface area contributed by atoms with E-state index in [0.29, 0.717) is 0 Å². The van der Waals surface area contributed by atoms with Gasteiger partial charge in [-0.3, -0.25) is 0 Å². The first-order valence-electron chi connectivity index (χ1n) is 5.22. The molecular weight excluding hydrogens is 278 g/mol. The zero-order valence-electron chi connectivity index (χ0n) is 9.43. The Bertz CT molecular complexity index is 520. The molecule has 2 rings (SSSR count). The Hall–Kier alpha value is -1.61. The first-order valence-corrected chi connectivity index (χ1v) is 6.02. The lowest BCUT2D eigenvalue weighted by Gasteiger charge is -1.99. The van der Waals surface area contributed by atoms with E-state index in [1.54, 1.807) is 7.11 Å². The number of pyridine rings is 1. The molecule has 1 aromatic heterocycles. The van der Waals surface area contributed by atoms with Gasteiger partial charge in [-0.15, -0.1) is 0 Å². The highest BCUT2D eigenvalue weighted by atomic mass is 79.9. The molecule has 86 valence electrons. The van der Waals surface area contributed by atoms with Crippen LogP contribution in [0.2, 0.25) is 0 Å². The van der Waals surface area contributed by atoms with Crippen LogP contribution >= 0.6 is 15.9 Å². The third kappa shape index (κ3) is 3.43. The summed E-state index contributed by atoms with van der Waals surface area (Å²) in [5.74, 6) is 0.864. The van der Waals surface area contributed by atoms with Crippen LogP contribution in [0.1, 0.15) is 11.3 Å². The second kappa shape index (κ2) is 5.64. The molecule has 1 heterocycles. The molecule has 0 bridgehead atoms. The fourth-order valence-corrected chi connectivity index (χ4v) is 1.77. The van der Waals surface area contributed by atoms with Crippen LogP contribution < -0.4 is 4.74 Å². The third-order valence-corrected chi connectivity index (χ3v) is 2.74. The monoisotopic (exact) mass is 289 g/mol. The van der Waals surface area contributed by atoms with Crippen molar-refractivity contribution < 1.29 is 4.74 Å². The Morgan fingerprint density at radius 1 is 1.06 bits per heavy atom. The van der Waals surface area contributed by atoms with E-state index in [4.69, 9.17) is 4.74 Å². The van der Waals surface area contributed by atoms with Gasteiger partial charge < -0.3 is 4.74 Å². The molecule has 0 unspecified atom stereocenters. The first-order chi connectivity index (χ1) is 8.28. The van der Waals surface area contributed by atoms with Crippen LogP contribution in [0.3, 0.4) is 0 Å². The molecule has 1 aromatic carbocycles. The van der Waals surface area contributed by atoms with Gasteiger partial charge in [-0.25, -0.2) is 4.98 Å². The molecule has 0 amide bonds. The smallest absolute Gasteiger partial charge is 0.118 e. The summed E-state index contributed by atoms with van der Waals surface area (Å²) in [5.41, 5.74) is 2.04. The molecular formula is C14H12BrNO. The molecule has 0 saturated heterocycles. The molecule has 0 aliphatic carbocycles. The summed E-state index contributed by atoms with van der Waals surface area (Å²) in [6.45, 7) is 0. The van der Waals surface area contributed by atoms with Crippen LogP contribution in [-0.2, 0) is 0 Å². The van der Waals surface area contributed by atoms with Gasteiger partial charge in [0.15, 0.2) is 0 Å². The van der Waals surface area contributed by atoms with Crippen LogP contribution in [0.15, 0.2) is 47.1 Å². The van der Waals surface area contributed by atoms with Gasteiger partial charge in [-0.1, -0.05) is 24.3 Å². The second-order valence-corrected chi connectivity index (χ2v) is 4.30. The van der Waals surface area contributed by atoms with Gasteiger partial charge in [0.1, 0.15) is 10.4 Å². The number of hydrogen-bond acceptors (Lipinski definition) is 2. The van der Waals surface area contributed by atoms with Gasteiger partial charge >= 0.3 is 0 Å². The summed E-state index contributed by atoms with van der Waals surface area (Å²) in [4.78, 5) is 4.33. The number of aromatic nitrogens is 1. The number of rotatable bonds is 3. The molecule has 0 aliphatic rings. The maximum Gasteiger partial charge on any atom is 0.118 e. The maximum atomic E-state index is 5.11. The number of nitrogens with zero attached hydrogens (tertiary/aromatic N) is 1. The summed E-state index contributed by atoms with van der Waals surface area (Å²) < 4.78 is 5.95. The summed E-state index contributed by atoms with van der Waals surface area (Å²) >= 11 is 3.35. The highest BCUT2D eigenvalue weighted by Gasteiger charge is 1.92. The fraction of sp³-hybridized carbons (Fsp3) is 0.0714. The standard InChI is InChI=1S/C14H12BrNO/c1-17-13-9-6-11(7-10-13)5-8-12-3-2-4-14(15)16-12/h2-10H,1H3. The van der Waals surface area contributed by atoms with E-state index in [2.05, 4.69) is 20.9 Å². The number of methoxy groups -OCH3 is 1. The zero-order chi connectivity index (χ0) is 12.1. The fourth-order valence-electron chi connectivity index (χ4n) is 1.41. The second-order valence-electron chi connectivity index (χ2n) is 3.49. The largest absolute Gasteiger partial charge is 0.497 e. The van der Waals surface area contributed by atoms with Gasteiger partial charge in [0.25, 0.3) is 0 Å². The lowest BCUT2D eigenvalue weighted by atomic mass is 10.2. The Morgan fingerprint density at radius 3 is 2.47 bits per heavy atom. The van der Waals surface area contributed by atoms with Crippen molar-refractivity contribution in [3.8, 4) is 5.75 Å². The molecule has 2 aromatic rings. The Kier molecular flexibility index (Phi) is 3.94. The molecule has 3 heteroatoms. The summed E-state index contributed by atoms with van der Waals surface area (Å²) in [5, 5.41) is 0. The molecule has 0 atom stereocenters. The van der Waals surface area contributed by atoms with Crippen LogP contribution in [0.5, 0.6) is 5.75 Å². The van der Waals surface area contributed by atoms with Gasteiger partial charge in [0, 0.05) is 0 Å². The van der Waals surface area contributed by atoms with Crippen molar-refractivity contribution in [2.24, 2.45) is 0 Å². The van der Waals surface area contributed by atoms with E-state index in [9.17, 15) is 0 Å². The van der Waals surface area contributed by atoms with E-state index in [1.807, 2.05) is 54.6 Å². The number of benzene rings is 1. The Labute approximate surface area is 109 Å². The van der Waals surface area contributed by atoms with Gasteiger partial charge in [-0.2, -0.15) is 0 Å². The highest BCUT2D eigenvalue weighted by Crippen LogP contribution is 2.14. The zero-order valence-corrected chi connectivity index (χ0v) is 11.0. The van der Waals surface area contributed by atoms with E-state index < -0.39 is 0 Å². The number of ether oxygens (including phenoxy) is 1. The minimum atomic E-state index is 0.842. The molecule has 0 radical (unpaired) electrons. The van der Waals surface area contributed by atoms with Crippen molar-refractivity contribution in [2.75, 3.05) is 7.11 Å². The molecule has 0 N–H and O–H groups in total. The Morgan fingerprint density at radius 2 is 1.82 bits per heavy atom. The SMILES string of the molecule is COc1ccc(C=Cc2cccc(Br)n2)cc1. The average molecular weight is 290 g/mol. The van der Waals surface area contributed by atoms with Crippen LogP contribution in [0, 0.1) is 0 Å². The first kappa shape index (κ1) is 11.9. The maximum absolute atomic E-state index is 5.11. The summed E-state index contributed by atoms with van der Waals surface area (Å²) in [7, 11) is 1.66. The van der Waals surface area contributed by atoms with Crippen molar-refractivity contribution in [1.29, 1.82) is 0 Å². The van der Waals surface area contributed by atoms with Crippen LogP contribution in [-0.4, -0.2) is 12.1 Å². The van der Waals surface area contributed by atoms with E-state index in [0.717, 1.165) is 21.6 Å². The summed E-state index contributed by atoms with van der Waals surface area (Å²) in [6, 6.07) is 13.7. The molecule has 2 nitrogen and oxygen atoms in total.